The van der Waals surface area contributed by atoms with Gasteiger partial charge in [0.15, 0.2) is 0 Å². The molecule has 0 bridgehead atoms. The van der Waals surface area contributed by atoms with E-state index in [1.54, 1.807) is 24.4 Å². The van der Waals surface area contributed by atoms with E-state index in [2.05, 4.69) is 20.9 Å². The number of rotatable bonds is 5. The molecule has 194 valence electrons. The Balaban J connectivity index is 0.000000907. The lowest BCUT2D eigenvalue weighted by Gasteiger charge is -2.25. The summed E-state index contributed by atoms with van der Waals surface area (Å²) in [5.74, 6) is -0.00513. The number of carboxylic acid groups (broad SMARTS) is 1. The van der Waals surface area contributed by atoms with Crippen LogP contribution < -0.4 is 9.80 Å². The van der Waals surface area contributed by atoms with E-state index < -0.39 is 18.1 Å². The Morgan fingerprint density at radius 1 is 1.08 bits per heavy atom. The number of carboxylic acids is 1. The third kappa shape index (κ3) is 5.71. The molecule has 1 aromatic heterocycles. The number of benzene rings is 2. The second-order valence-electron chi connectivity index (χ2n) is 8.12. The lowest BCUT2D eigenvalue weighted by atomic mass is 10.1. The third-order valence-corrected chi connectivity index (χ3v) is 7.02. The van der Waals surface area contributed by atoms with Gasteiger partial charge in [-0.2, -0.15) is 0 Å². The van der Waals surface area contributed by atoms with E-state index in [-0.39, 0.29) is 5.91 Å². The van der Waals surface area contributed by atoms with Gasteiger partial charge in [0.1, 0.15) is 31.5 Å². The van der Waals surface area contributed by atoms with Gasteiger partial charge in [-0.05, 0) is 48.7 Å². The summed E-state index contributed by atoms with van der Waals surface area (Å²) in [5.41, 5.74) is 1.50. The van der Waals surface area contributed by atoms with Crippen molar-refractivity contribution in [2.45, 2.75) is 31.3 Å². The normalized spacial score (nSPS) is 18.0. The third-order valence-electron chi connectivity index (χ3n) is 6.05. The Hall–Kier alpha value is -3.21. The molecule has 9 nitrogen and oxygen atoms in total. The van der Waals surface area contributed by atoms with Crippen molar-refractivity contribution < 1.29 is 24.3 Å². The van der Waals surface area contributed by atoms with Crippen molar-refractivity contribution in [1.82, 2.24) is 9.55 Å². The molecule has 0 saturated carbocycles. The summed E-state index contributed by atoms with van der Waals surface area (Å²) in [6, 6.07) is 11.5. The Labute approximate surface area is 231 Å². The fourth-order valence-corrected chi connectivity index (χ4v) is 5.39. The molecule has 12 heteroatoms. The summed E-state index contributed by atoms with van der Waals surface area (Å²) in [6.45, 7) is 4.59. The minimum atomic E-state index is -0.879. The Kier molecular flexibility index (Phi) is 9.47. The van der Waals surface area contributed by atoms with E-state index in [0.717, 1.165) is 16.5 Å². The maximum atomic E-state index is 13.7. The fourth-order valence-electron chi connectivity index (χ4n) is 4.61. The Bertz CT molecular complexity index is 1260. The number of aliphatic carboxylic acids is 1. The van der Waals surface area contributed by atoms with E-state index in [1.807, 2.05) is 47.3 Å². The number of aromatic nitrogens is 2. The van der Waals surface area contributed by atoms with Gasteiger partial charge in [0.25, 0.3) is 5.91 Å². The summed E-state index contributed by atoms with van der Waals surface area (Å²) >= 11 is 15.9. The van der Waals surface area contributed by atoms with Crippen molar-refractivity contribution in [3.63, 3.8) is 0 Å². The SMILES string of the molecule is C=O.C=O.O=C(O)C1CCCN1c1cnc2n1C(Cc1ccc(Br)cc1)C(=O)N2c1cc(Cl)cc(Cl)c1. The number of carbonyl (C=O) groups excluding carboxylic acids is 3. The Morgan fingerprint density at radius 3 is 2.30 bits per heavy atom. The van der Waals surface area contributed by atoms with Gasteiger partial charge in [-0.3, -0.25) is 9.36 Å². The molecule has 0 radical (unpaired) electrons. The van der Waals surface area contributed by atoms with Crippen molar-refractivity contribution >= 4 is 82.0 Å². The average molecular weight is 610 g/mol. The van der Waals surface area contributed by atoms with Crippen molar-refractivity contribution in [3.8, 4) is 0 Å². The standard InChI is InChI=1S/C23H19BrCl2N4O3.2CH2O/c24-14-5-3-13(4-6-14)8-19-21(31)29(17-10-15(25)9-16(26)11-17)23-27-12-20(30(19)23)28-7-1-2-18(28)22(32)33;2*1-2/h3-6,9-12,18-19H,1-2,7-8H2,(H,32,33);2*1H2. The van der Waals surface area contributed by atoms with Crippen LogP contribution in [0.15, 0.2) is 53.1 Å². The van der Waals surface area contributed by atoms with Crippen LogP contribution in [-0.4, -0.2) is 52.7 Å². The monoisotopic (exact) mass is 608 g/mol. The molecule has 3 aromatic rings. The predicted molar refractivity (Wildman–Crippen MR) is 145 cm³/mol. The summed E-state index contributed by atoms with van der Waals surface area (Å²) in [5, 5.41) is 10.5. The molecule has 2 aliphatic rings. The number of amides is 1. The minimum absolute atomic E-state index is 0.174. The highest BCUT2D eigenvalue weighted by atomic mass is 79.9. The molecule has 37 heavy (non-hydrogen) atoms. The van der Waals surface area contributed by atoms with Crippen LogP contribution in [0.1, 0.15) is 24.4 Å². The highest BCUT2D eigenvalue weighted by Gasteiger charge is 2.44. The van der Waals surface area contributed by atoms with Gasteiger partial charge in [-0.15, -0.1) is 0 Å². The largest absolute Gasteiger partial charge is 0.480 e. The molecular formula is C25H23BrCl2N4O5. The second kappa shape index (κ2) is 12.4. The molecule has 5 rings (SSSR count). The predicted octanol–water partition coefficient (Wildman–Crippen LogP) is 5.10. The van der Waals surface area contributed by atoms with Crippen molar-refractivity contribution in [2.24, 2.45) is 0 Å². The number of hydrogen-bond donors (Lipinski definition) is 1. The van der Waals surface area contributed by atoms with Crippen LogP contribution >= 0.6 is 39.1 Å². The zero-order chi connectivity index (χ0) is 27.3. The molecule has 2 unspecified atom stereocenters. The first kappa shape index (κ1) is 28.4. The van der Waals surface area contributed by atoms with Gasteiger partial charge in [-0.1, -0.05) is 51.3 Å². The van der Waals surface area contributed by atoms with Crippen LogP contribution in [0.25, 0.3) is 0 Å². The van der Waals surface area contributed by atoms with Gasteiger partial charge >= 0.3 is 5.97 Å². The number of carbonyl (C=O) groups is 4. The maximum absolute atomic E-state index is 13.7. The molecule has 0 spiro atoms. The quantitative estimate of drug-likeness (QED) is 0.428. The van der Waals surface area contributed by atoms with Gasteiger partial charge in [0.2, 0.25) is 5.95 Å². The first-order valence-corrected chi connectivity index (χ1v) is 12.6. The highest BCUT2D eigenvalue weighted by Crippen LogP contribution is 2.43. The van der Waals surface area contributed by atoms with Crippen LogP contribution in [0.5, 0.6) is 0 Å². The molecule has 1 amide bonds. The van der Waals surface area contributed by atoms with E-state index in [0.29, 0.717) is 46.9 Å². The van der Waals surface area contributed by atoms with Crippen molar-refractivity contribution in [2.75, 3.05) is 16.3 Å². The van der Waals surface area contributed by atoms with Crippen molar-refractivity contribution in [3.05, 3.63) is 68.7 Å². The summed E-state index contributed by atoms with van der Waals surface area (Å²) in [4.78, 5) is 49.5. The molecule has 3 heterocycles. The molecule has 2 aromatic carbocycles. The number of imidazole rings is 1. The first-order valence-electron chi connectivity index (χ1n) is 11.0. The number of anilines is 3. The average Bonchev–Trinajstić information content (AvgIpc) is 3.59. The van der Waals surface area contributed by atoms with E-state index in [4.69, 9.17) is 32.8 Å². The van der Waals surface area contributed by atoms with Gasteiger partial charge < -0.3 is 19.6 Å². The van der Waals surface area contributed by atoms with Gasteiger partial charge in [0, 0.05) is 27.5 Å². The van der Waals surface area contributed by atoms with Crippen LogP contribution in [-0.2, 0) is 25.6 Å². The molecular weight excluding hydrogens is 587 g/mol. The van der Waals surface area contributed by atoms with E-state index in [1.165, 1.54) is 4.90 Å². The lowest BCUT2D eigenvalue weighted by Crippen LogP contribution is -2.37. The maximum Gasteiger partial charge on any atom is 0.326 e. The molecule has 2 atom stereocenters. The smallest absolute Gasteiger partial charge is 0.326 e. The van der Waals surface area contributed by atoms with Crippen molar-refractivity contribution in [1.29, 1.82) is 0 Å². The summed E-state index contributed by atoms with van der Waals surface area (Å²) < 4.78 is 2.80. The second-order valence-corrected chi connectivity index (χ2v) is 9.91. The number of halogens is 3. The number of nitrogens with zero attached hydrogens (tertiary/aromatic N) is 4. The zero-order valence-electron chi connectivity index (χ0n) is 19.5. The zero-order valence-corrected chi connectivity index (χ0v) is 22.6. The molecule has 2 aliphatic heterocycles. The first-order chi connectivity index (χ1) is 17.8. The Morgan fingerprint density at radius 2 is 1.70 bits per heavy atom. The number of fused-ring (bicyclic) bond motifs is 1. The molecule has 1 saturated heterocycles. The lowest BCUT2D eigenvalue weighted by molar-refractivity contribution is -0.138. The van der Waals surface area contributed by atoms with Crippen LogP contribution in [0.4, 0.5) is 17.5 Å². The van der Waals surface area contributed by atoms with E-state index >= 15 is 0 Å². The van der Waals surface area contributed by atoms with Crippen LogP contribution in [0, 0.1) is 0 Å². The summed E-state index contributed by atoms with van der Waals surface area (Å²) in [6.07, 6.45) is 3.39. The van der Waals surface area contributed by atoms with Gasteiger partial charge in [0.05, 0.1) is 11.9 Å². The molecule has 1 N–H and O–H groups in total. The van der Waals surface area contributed by atoms with E-state index in [9.17, 15) is 14.7 Å². The van der Waals surface area contributed by atoms with Crippen LogP contribution in [0.3, 0.4) is 0 Å². The minimum Gasteiger partial charge on any atom is -0.480 e. The number of hydrogen-bond acceptors (Lipinski definition) is 6. The topological polar surface area (TPSA) is 113 Å². The van der Waals surface area contributed by atoms with Crippen LogP contribution in [0.2, 0.25) is 10.0 Å². The van der Waals surface area contributed by atoms with Gasteiger partial charge in [-0.25, -0.2) is 14.7 Å². The molecule has 0 aliphatic carbocycles. The molecule has 1 fully saturated rings. The fraction of sp³-hybridized carbons (Fsp3) is 0.240. The highest BCUT2D eigenvalue weighted by molar-refractivity contribution is 9.10. The summed E-state index contributed by atoms with van der Waals surface area (Å²) in [7, 11) is 0.